The van der Waals surface area contributed by atoms with Gasteiger partial charge in [0, 0.05) is 31.6 Å². The summed E-state index contributed by atoms with van der Waals surface area (Å²) in [6, 6.07) is 16.2. The van der Waals surface area contributed by atoms with Gasteiger partial charge in [0.25, 0.3) is 0 Å². The van der Waals surface area contributed by atoms with Crippen LogP contribution < -0.4 is 10.6 Å². The highest BCUT2D eigenvalue weighted by Gasteiger charge is 2.77. The van der Waals surface area contributed by atoms with Crippen molar-refractivity contribution in [2.75, 3.05) is 20.8 Å². The van der Waals surface area contributed by atoms with E-state index in [-0.39, 0.29) is 18.9 Å². The van der Waals surface area contributed by atoms with Crippen molar-refractivity contribution in [1.82, 2.24) is 10.6 Å². The first-order chi connectivity index (χ1) is 27.6. The fourth-order valence-corrected chi connectivity index (χ4v) is 9.17. The molecule has 0 spiro atoms. The molecule has 15 nitrogen and oxygen atoms in total. The molecule has 2 aliphatic carbocycles. The van der Waals surface area contributed by atoms with Gasteiger partial charge in [0.05, 0.1) is 42.8 Å². The number of methoxy groups -OCH3 is 2. The average molecular weight is 823 g/mol. The van der Waals surface area contributed by atoms with Gasteiger partial charge in [-0.15, -0.1) is 0 Å². The monoisotopic (exact) mass is 822 g/mol. The zero-order valence-corrected chi connectivity index (χ0v) is 35.5. The number of hydrogen-bond donors (Lipinski definition) is 4. The summed E-state index contributed by atoms with van der Waals surface area (Å²) >= 11 is 0. The highest BCUT2D eigenvalue weighted by atomic mass is 16.6. The molecule has 2 heterocycles. The van der Waals surface area contributed by atoms with Gasteiger partial charge in [-0.25, -0.2) is 14.4 Å². The molecule has 4 aliphatic rings. The number of fused-ring (bicyclic) bond motifs is 5. The quantitative estimate of drug-likeness (QED) is 0.211. The predicted octanol–water partition coefficient (Wildman–Crippen LogP) is 4.70. The number of hydrogen-bond acceptors (Lipinski definition) is 13. The number of carbonyl (C=O) groups is 5. The number of aliphatic hydroxyl groups excluding tert-OH is 1. The van der Waals surface area contributed by atoms with E-state index in [9.17, 15) is 34.2 Å². The largest absolute Gasteiger partial charge is 0.467 e. The number of benzene rings is 2. The van der Waals surface area contributed by atoms with Gasteiger partial charge >= 0.3 is 24.0 Å². The number of rotatable bonds is 8. The Morgan fingerprint density at radius 2 is 1.59 bits per heavy atom. The van der Waals surface area contributed by atoms with Crippen molar-refractivity contribution < 1.29 is 62.6 Å². The Labute approximate surface area is 345 Å². The summed E-state index contributed by atoms with van der Waals surface area (Å²) in [7, 11) is 2.69. The predicted molar refractivity (Wildman–Crippen MR) is 212 cm³/mol. The van der Waals surface area contributed by atoms with Crippen LogP contribution in [0.3, 0.4) is 0 Å². The number of ether oxygens (including phenoxy) is 6. The maximum Gasteiger partial charge on any atom is 0.408 e. The Hall–Kier alpha value is -4.83. The number of allylic oxidation sites excluding steroid dienone is 1. The smallest absolute Gasteiger partial charge is 0.408 e. The Kier molecular flexibility index (Phi) is 13.1. The van der Waals surface area contributed by atoms with Crippen LogP contribution in [-0.2, 0) is 42.8 Å². The van der Waals surface area contributed by atoms with E-state index >= 15 is 0 Å². The summed E-state index contributed by atoms with van der Waals surface area (Å²) in [6.45, 7) is 13.9. The second-order valence-corrected chi connectivity index (χ2v) is 17.4. The van der Waals surface area contributed by atoms with Crippen LogP contribution in [-0.4, -0.2) is 102 Å². The van der Waals surface area contributed by atoms with Crippen LogP contribution >= 0.6 is 0 Å². The summed E-state index contributed by atoms with van der Waals surface area (Å²) in [5.74, 6) is -3.31. The lowest BCUT2D eigenvalue weighted by Gasteiger charge is -2.67. The Bertz CT molecular complexity index is 1930. The molecule has 322 valence electrons. The van der Waals surface area contributed by atoms with E-state index in [1.165, 1.54) is 21.1 Å². The summed E-state index contributed by atoms with van der Waals surface area (Å²) in [5, 5.41) is 28.4. The van der Waals surface area contributed by atoms with Crippen molar-refractivity contribution in [1.29, 1.82) is 0 Å². The van der Waals surface area contributed by atoms with E-state index in [4.69, 9.17) is 23.7 Å². The highest BCUT2D eigenvalue weighted by Crippen LogP contribution is 2.62. The van der Waals surface area contributed by atoms with Gasteiger partial charge in [0.15, 0.2) is 11.7 Å². The lowest BCUT2D eigenvalue weighted by molar-refractivity contribution is -0.345. The third-order valence-corrected chi connectivity index (χ3v) is 12.3. The normalized spacial score (nSPS) is 30.3. The topological polar surface area (TPSA) is 205 Å². The van der Waals surface area contributed by atoms with Crippen LogP contribution in [0.2, 0.25) is 0 Å². The van der Waals surface area contributed by atoms with Crippen LogP contribution in [0, 0.1) is 16.7 Å². The van der Waals surface area contributed by atoms with Crippen LogP contribution in [0.5, 0.6) is 0 Å². The Morgan fingerprint density at radius 3 is 2.12 bits per heavy atom. The van der Waals surface area contributed by atoms with Gasteiger partial charge in [-0.3, -0.25) is 9.59 Å². The summed E-state index contributed by atoms with van der Waals surface area (Å²) in [6.07, 6.45) is -3.66. The standard InChI is InChI=1S/C29H37NO8.C15H21NO5/c1-16-12-13-29(34)23(37-24(32)18-10-8-7-9-11-18)21-27(5,25(33)30-22(16)26(29,3)4)19(35-6)14-20-28(21,15-36-20)38-17(2)31;1-15(2,3)21-14(19)16-11(12(17)13(18)20-4)10-8-6-5-7-9-10/h7-11,19-21,23,34H,12-15H2,1-6H3,(H,30,33);5-9,11-12,17H,1-4H3,(H,16,19)/t19?,20?,21?,23-,27?,28-,29+;11-,12?/m00/s1. The van der Waals surface area contributed by atoms with Crippen LogP contribution in [0.15, 0.2) is 71.9 Å². The maximum atomic E-state index is 14.3. The molecular formula is C44H58N2O13. The van der Waals surface area contributed by atoms with Crippen molar-refractivity contribution in [2.24, 2.45) is 16.7 Å². The van der Waals surface area contributed by atoms with E-state index in [1.54, 1.807) is 88.4 Å². The first-order valence-corrected chi connectivity index (χ1v) is 19.7. The minimum Gasteiger partial charge on any atom is -0.467 e. The lowest BCUT2D eigenvalue weighted by Crippen LogP contribution is -2.81. The van der Waals surface area contributed by atoms with E-state index in [0.717, 1.165) is 5.57 Å². The summed E-state index contributed by atoms with van der Waals surface area (Å²) < 4.78 is 33.8. The van der Waals surface area contributed by atoms with Gasteiger partial charge in [0.2, 0.25) is 5.91 Å². The molecule has 6 rings (SSSR count). The minimum absolute atomic E-state index is 0.0127. The second-order valence-electron chi connectivity index (χ2n) is 17.4. The van der Waals surface area contributed by atoms with Gasteiger partial charge in [-0.2, -0.15) is 0 Å². The third kappa shape index (κ3) is 8.47. The molecule has 2 amide bonds. The van der Waals surface area contributed by atoms with Crippen molar-refractivity contribution in [3.05, 3.63) is 83.1 Å². The number of amides is 2. The maximum absolute atomic E-state index is 14.3. The lowest BCUT2D eigenvalue weighted by atomic mass is 9.48. The van der Waals surface area contributed by atoms with Gasteiger partial charge < -0.3 is 49.3 Å². The third-order valence-electron chi connectivity index (χ3n) is 12.3. The van der Waals surface area contributed by atoms with Crippen LogP contribution in [0.4, 0.5) is 4.79 Å². The molecule has 4 N–H and O–H groups in total. The molecule has 59 heavy (non-hydrogen) atoms. The van der Waals surface area contributed by atoms with Crippen LogP contribution in [0.1, 0.15) is 96.6 Å². The van der Waals surface area contributed by atoms with E-state index in [2.05, 4.69) is 15.4 Å². The molecule has 0 aromatic heterocycles. The molecule has 2 bridgehead atoms. The molecule has 2 aromatic carbocycles. The molecule has 9 atom stereocenters. The first kappa shape index (κ1) is 45.3. The van der Waals surface area contributed by atoms with Crippen molar-refractivity contribution >= 4 is 29.9 Å². The Balaban J connectivity index is 0.000000268. The summed E-state index contributed by atoms with van der Waals surface area (Å²) in [5.41, 5.74) is -3.50. The number of aliphatic hydroxyl groups is 2. The molecule has 2 aliphatic heterocycles. The second kappa shape index (κ2) is 17.0. The first-order valence-electron chi connectivity index (χ1n) is 19.7. The molecule has 3 fully saturated rings. The molecule has 1 saturated carbocycles. The van der Waals surface area contributed by atoms with Crippen molar-refractivity contribution in [3.63, 3.8) is 0 Å². The van der Waals surface area contributed by atoms with Crippen molar-refractivity contribution in [3.8, 4) is 0 Å². The number of carbonyl (C=O) groups excluding carboxylic acids is 5. The summed E-state index contributed by atoms with van der Waals surface area (Å²) in [4.78, 5) is 63.8. The van der Waals surface area contributed by atoms with Crippen LogP contribution in [0.25, 0.3) is 0 Å². The SMILES string of the molecule is COC(=O)C(O)[C@@H](NC(=O)OC(C)(C)C)c1ccccc1.COC1CC2OC[C@@]2(OC(C)=O)C2[C@H](OC(=O)c3ccccc3)[C@]3(O)CCC(C)=C(NC(=O)C12C)C3(C)C. The number of nitrogens with one attached hydrogen (secondary N) is 2. The molecule has 5 unspecified atom stereocenters. The van der Waals surface area contributed by atoms with E-state index in [0.29, 0.717) is 29.7 Å². The van der Waals surface area contributed by atoms with E-state index in [1.807, 2.05) is 20.8 Å². The van der Waals surface area contributed by atoms with Gasteiger partial charge in [-0.1, -0.05) is 68.0 Å². The van der Waals surface area contributed by atoms with Crippen molar-refractivity contribution in [2.45, 2.75) is 122 Å². The highest BCUT2D eigenvalue weighted by molar-refractivity contribution is 5.90. The molecule has 2 aromatic rings. The number of esters is 3. The zero-order valence-electron chi connectivity index (χ0n) is 35.5. The fraction of sp³-hybridized carbons (Fsp3) is 0.568. The fourth-order valence-electron chi connectivity index (χ4n) is 9.17. The average Bonchev–Trinajstić information content (AvgIpc) is 3.17. The zero-order chi connectivity index (χ0) is 43.7. The van der Waals surface area contributed by atoms with E-state index < -0.39 is 88.0 Å². The van der Waals surface area contributed by atoms with Gasteiger partial charge in [0.1, 0.15) is 23.4 Å². The molecule has 15 heteroatoms. The molecule has 2 saturated heterocycles. The Morgan fingerprint density at radius 1 is 0.983 bits per heavy atom. The van der Waals surface area contributed by atoms with Gasteiger partial charge in [-0.05, 0) is 65.2 Å². The minimum atomic E-state index is -1.62. The molecule has 0 radical (unpaired) electrons. The number of alkyl carbamates (subject to hydrolysis) is 1. The molecular weight excluding hydrogens is 764 g/mol.